The van der Waals surface area contributed by atoms with Crippen LogP contribution in [-0.2, 0) is 81.2 Å². The number of rotatable bonds is 48. The van der Waals surface area contributed by atoms with E-state index in [1.165, 1.54) is 69.7 Å². The Hall–Kier alpha value is -10.8. The van der Waals surface area contributed by atoms with E-state index >= 15 is 9.59 Å². The van der Waals surface area contributed by atoms with Crippen molar-refractivity contribution >= 4 is 122 Å². The lowest BCUT2D eigenvalue weighted by molar-refractivity contribution is -0.346. The number of fused-ring (bicyclic) bond motifs is 5. The number of Topliss-reactive ketones (excluding diaryl/α,β-unsaturated/α-hetero) is 5. The minimum atomic E-state index is -2.58. The zero-order valence-corrected chi connectivity index (χ0v) is 71.4. The molecule has 3 aromatic rings. The Morgan fingerprint density at radius 1 is 0.598 bits per heavy atom. The number of nitrogens with two attached hydrogens (primary N) is 5. The van der Waals surface area contributed by atoms with Crippen LogP contribution in [0.4, 0.5) is 0 Å². The molecular weight excluding hydrogens is 1620 g/mol. The molecule has 2 bridgehead atoms. The Balaban J connectivity index is 1.15. The number of hydrogen-bond donors (Lipinski definition) is 17. The highest BCUT2D eigenvalue weighted by Gasteiger charge is 2.78. The van der Waals surface area contributed by atoms with Crippen molar-refractivity contribution in [2.24, 2.45) is 69.1 Å². The van der Waals surface area contributed by atoms with Crippen molar-refractivity contribution in [2.45, 2.75) is 211 Å². The van der Waals surface area contributed by atoms with Crippen LogP contribution in [0.25, 0.3) is 0 Å². The number of ketones is 5. The lowest BCUT2D eigenvalue weighted by Crippen LogP contribution is -2.82. The average Bonchev–Trinajstić information content (AvgIpc) is 0.667. The Labute approximate surface area is 716 Å². The van der Waals surface area contributed by atoms with Gasteiger partial charge in [-0.15, -0.1) is 0 Å². The van der Waals surface area contributed by atoms with Crippen LogP contribution < -0.4 is 60.6 Å². The normalized spacial score (nSPS) is 22.8. The van der Waals surface area contributed by atoms with Crippen LogP contribution in [0.15, 0.2) is 102 Å². The Morgan fingerprint density at radius 3 is 1.53 bits per heavy atom. The second-order valence-electron chi connectivity index (χ2n) is 32.1. The maximum Gasteiger partial charge on any atom is 0.350 e. The minimum Gasteiger partial charge on any atom is -0.455 e. The maximum atomic E-state index is 16.1. The second-order valence-corrected chi connectivity index (χ2v) is 34.7. The summed E-state index contributed by atoms with van der Waals surface area (Å²) >= 11 is 0. The summed E-state index contributed by atoms with van der Waals surface area (Å²) < 4.78 is 37.4. The van der Waals surface area contributed by atoms with E-state index in [1.807, 2.05) is 0 Å². The molecular formula is C84H117N15O21S2. The molecule has 16 atom stereocenters. The van der Waals surface area contributed by atoms with Gasteiger partial charge in [0.05, 0.1) is 35.6 Å². The van der Waals surface area contributed by atoms with Gasteiger partial charge in [0.25, 0.3) is 5.91 Å². The van der Waals surface area contributed by atoms with Crippen molar-refractivity contribution in [1.82, 2.24) is 31.9 Å². The SMILES string of the molecule is CC(=O)N[C@H](CSSCCCC(=O)O[C@@H](C(=O)O[C@H]1C[C@@]2(O)[C@@H](OC(=O)c3ccccc3)[C@@H]3[C@]4(OC(C)=O)CO[C@@H]4C[C@H](O)[C@@]3(C)C(=O)[C@H](OC(C)=O)C(=C1C)C2(C)C)[C@@H](NC(=O)c1ccccc1)c1ccccc1)C(=O)C[C@H](CCCNC(=N)N)C(=O)C[C@H](CCCNC(=N)N)C(=O)C[C@H](CCCNC(=N)N)C(=O)C[C@H](CCCNC(=N)N)C(N)=O. The van der Waals surface area contributed by atoms with Gasteiger partial charge in [-0.05, 0) is 113 Å². The molecule has 1 aliphatic heterocycles. The van der Waals surface area contributed by atoms with E-state index in [0.717, 1.165) is 24.6 Å². The van der Waals surface area contributed by atoms with Crippen molar-refractivity contribution in [3.8, 4) is 0 Å². The van der Waals surface area contributed by atoms with Gasteiger partial charge in [-0.2, -0.15) is 0 Å². The lowest BCUT2D eigenvalue weighted by Gasteiger charge is -2.67. The van der Waals surface area contributed by atoms with E-state index in [-0.39, 0.29) is 160 Å². The summed E-state index contributed by atoms with van der Waals surface area (Å²) in [5, 5.41) is 73.3. The van der Waals surface area contributed by atoms with Gasteiger partial charge in [-0.25, -0.2) is 9.59 Å². The summed E-state index contributed by atoms with van der Waals surface area (Å²) in [6.07, 6.45) is -12.0. The highest BCUT2D eigenvalue weighted by molar-refractivity contribution is 8.76. The number of ether oxygens (including phenoxy) is 6. The molecule has 1 heterocycles. The monoisotopic (exact) mass is 1740 g/mol. The van der Waals surface area contributed by atoms with E-state index in [9.17, 15) is 63.0 Å². The standard InChI is InChI=1S/C84H117N15O21S2/c1-46-62(43-84(114)72(119-75(112)52-26-15-10-16-27-52)70-82(7,63(107)42-64-83(70,45-115-64)120-49(4)102)71(109)68(116-48(3)101)66(46)81(84,5)6)117-76(113)69(67(50-22-11-8-12-23-50)99-74(111)51-24-13-9-14-25-51)118-65(108)32-21-37-121-122-44-57(98-47(2)100)61(106)40-55(30-19-35-96-79(90)91)59(104)38-53(28-17-33-94-77(86)87)58(103)39-54(29-18-34-95-78(88)89)60(105)41-56(73(85)110)31-20-36-97-80(92)93/h8-16,22-27,53-57,62-64,67-70,72,107,114H,17-21,28-45H2,1-7H3,(H2,85,110)(H,98,100)(H,99,111)(H4,86,87,94)(H4,88,89,95)(H4,90,91,96)(H4,92,93,97)/t53-,54-,55-,56-,57+,62-,63-,64+,67-,68+,69+,70-,72-,82+,83-,84+/m0/s1. The van der Waals surface area contributed by atoms with Crippen LogP contribution in [-0.4, -0.2) is 209 Å². The molecule has 0 spiro atoms. The molecule has 122 heavy (non-hydrogen) atoms. The summed E-state index contributed by atoms with van der Waals surface area (Å²) in [5.74, 6) is -17.1. The smallest absolute Gasteiger partial charge is 0.350 e. The van der Waals surface area contributed by atoms with Crippen LogP contribution in [0.1, 0.15) is 184 Å². The van der Waals surface area contributed by atoms with Crippen molar-refractivity contribution in [3.05, 3.63) is 119 Å². The maximum absolute atomic E-state index is 16.1. The van der Waals surface area contributed by atoms with E-state index in [2.05, 4.69) is 31.9 Å². The molecule has 7 rings (SSSR count). The molecule has 0 unspecified atom stereocenters. The summed E-state index contributed by atoms with van der Waals surface area (Å²) in [5.41, 5.74) is 19.6. The van der Waals surface area contributed by atoms with E-state index < -0.39 is 209 Å². The largest absolute Gasteiger partial charge is 0.455 e. The first-order valence-corrected chi connectivity index (χ1v) is 43.1. The van der Waals surface area contributed by atoms with Gasteiger partial charge in [0.2, 0.25) is 17.9 Å². The number of amides is 3. The van der Waals surface area contributed by atoms with E-state index in [0.29, 0.717) is 6.42 Å². The quantitative estimate of drug-likeness (QED) is 0.00727. The van der Waals surface area contributed by atoms with Crippen LogP contribution in [0.2, 0.25) is 0 Å². The third-order valence-electron chi connectivity index (χ3n) is 23.1. The number of esters is 5. The first-order valence-electron chi connectivity index (χ1n) is 40.6. The van der Waals surface area contributed by atoms with Gasteiger partial charge in [0.15, 0.2) is 47.1 Å². The third-order valence-corrected chi connectivity index (χ3v) is 25.6. The molecule has 2 saturated carbocycles. The fourth-order valence-corrected chi connectivity index (χ4v) is 19.1. The molecule has 0 radical (unpaired) electrons. The van der Waals surface area contributed by atoms with Crippen molar-refractivity contribution in [2.75, 3.05) is 44.3 Å². The highest BCUT2D eigenvalue weighted by atomic mass is 33.1. The fourth-order valence-electron chi connectivity index (χ4n) is 16.8. The second kappa shape index (κ2) is 45.3. The molecule has 3 fully saturated rings. The van der Waals surface area contributed by atoms with Crippen LogP contribution in [0.5, 0.6) is 0 Å². The number of guanidine groups is 4. The zero-order chi connectivity index (χ0) is 90.0. The average molecular weight is 1740 g/mol. The number of nitrogens with one attached hydrogen (secondary N) is 10. The molecule has 666 valence electrons. The molecule has 3 aromatic carbocycles. The lowest BCUT2D eigenvalue weighted by atomic mass is 9.44. The number of benzene rings is 3. The highest BCUT2D eigenvalue weighted by Crippen LogP contribution is 2.65. The van der Waals surface area contributed by atoms with Crippen LogP contribution in [0.3, 0.4) is 0 Å². The molecule has 1 saturated heterocycles. The number of aliphatic hydroxyl groups excluding tert-OH is 1. The van der Waals surface area contributed by atoms with Gasteiger partial charge in [0.1, 0.15) is 47.3 Å². The summed E-state index contributed by atoms with van der Waals surface area (Å²) in [6, 6.07) is 20.8. The summed E-state index contributed by atoms with van der Waals surface area (Å²) in [7, 11) is 2.33. The van der Waals surface area contributed by atoms with E-state index in [4.69, 9.17) is 78.7 Å². The van der Waals surface area contributed by atoms with Gasteiger partial charge in [-0.1, -0.05) is 102 Å². The Morgan fingerprint density at radius 2 is 1.07 bits per heavy atom. The van der Waals surface area contributed by atoms with Crippen molar-refractivity contribution in [1.29, 1.82) is 21.6 Å². The first-order chi connectivity index (χ1) is 57.7. The Kier molecular flexibility index (Phi) is 36.5. The molecule has 36 nitrogen and oxygen atoms in total. The summed E-state index contributed by atoms with van der Waals surface area (Å²) in [6.45, 7) is 9.40. The molecule has 3 aliphatic carbocycles. The molecule has 22 N–H and O–H groups in total. The van der Waals surface area contributed by atoms with Crippen molar-refractivity contribution in [3.63, 3.8) is 0 Å². The number of aliphatic hydroxyl groups is 2. The van der Waals surface area contributed by atoms with Crippen LogP contribution >= 0.6 is 21.6 Å². The van der Waals surface area contributed by atoms with Gasteiger partial charge in [-0.3, -0.25) is 74.4 Å². The number of primary amides is 1. The molecule has 4 aliphatic rings. The fraction of sp³-hybridized carbons (Fsp3) is 0.560. The number of carbonyl (C=O) groups is 13. The minimum absolute atomic E-state index is 0.0148. The third kappa shape index (κ3) is 26.1. The van der Waals surface area contributed by atoms with Crippen LogP contribution in [0, 0.1) is 62.1 Å². The van der Waals surface area contributed by atoms with Gasteiger partial charge in [0, 0.05) is 138 Å². The molecule has 38 heteroatoms. The predicted octanol–water partition coefficient (Wildman–Crippen LogP) is 3.79. The topological polar surface area (TPSA) is 615 Å². The number of carbonyl (C=O) groups excluding carboxylic acids is 13. The van der Waals surface area contributed by atoms with Gasteiger partial charge < -0.3 is 99.2 Å². The predicted molar refractivity (Wildman–Crippen MR) is 452 cm³/mol. The first kappa shape index (κ1) is 98.3. The summed E-state index contributed by atoms with van der Waals surface area (Å²) in [4.78, 5) is 186. The molecule has 3 amide bonds. The van der Waals surface area contributed by atoms with Gasteiger partial charge >= 0.3 is 29.8 Å². The Bertz CT molecular complexity index is 4340. The van der Waals surface area contributed by atoms with E-state index in [1.54, 1.807) is 66.7 Å². The van der Waals surface area contributed by atoms with Crippen molar-refractivity contribution < 1.29 is 101 Å². The zero-order valence-electron chi connectivity index (χ0n) is 69.8. The molecule has 0 aromatic heterocycles. The number of hydrogen-bond acceptors (Lipinski definition) is 27.